The molecule has 0 aliphatic carbocycles. The van der Waals surface area contributed by atoms with Gasteiger partial charge in [0.2, 0.25) is 0 Å². The van der Waals surface area contributed by atoms with Crippen molar-refractivity contribution in [2.45, 2.75) is 39.3 Å². The van der Waals surface area contributed by atoms with E-state index in [0.29, 0.717) is 0 Å². The Morgan fingerprint density at radius 2 is 2.24 bits per heavy atom. The summed E-state index contributed by atoms with van der Waals surface area (Å²) >= 11 is 1.63. The fourth-order valence-corrected chi connectivity index (χ4v) is 3.06. The summed E-state index contributed by atoms with van der Waals surface area (Å²) < 4.78 is 0. The number of rotatable bonds is 6. The lowest BCUT2D eigenvalue weighted by Crippen LogP contribution is -2.24. The number of thiazole rings is 1. The molecular weight excluding hydrogens is 286 g/mol. The van der Waals surface area contributed by atoms with Crippen molar-refractivity contribution < 1.29 is 4.92 Å². The van der Waals surface area contributed by atoms with Gasteiger partial charge in [0, 0.05) is 29.2 Å². The Morgan fingerprint density at radius 3 is 2.81 bits per heavy atom. The van der Waals surface area contributed by atoms with E-state index in [4.69, 9.17) is 0 Å². The molecule has 0 fully saturated rings. The van der Waals surface area contributed by atoms with Crippen LogP contribution in [0.5, 0.6) is 0 Å². The summed E-state index contributed by atoms with van der Waals surface area (Å²) in [5.74, 6) is 0. The number of nitrogens with zero attached hydrogens (tertiary/aromatic N) is 2. The van der Waals surface area contributed by atoms with Crippen molar-refractivity contribution in [3.8, 4) is 0 Å². The van der Waals surface area contributed by atoms with E-state index >= 15 is 0 Å². The van der Waals surface area contributed by atoms with Crippen LogP contribution in [0.4, 0.5) is 5.69 Å². The number of non-ortho nitro benzene ring substituents is 1. The normalized spacial score (nSPS) is 13.9. The lowest BCUT2D eigenvalue weighted by atomic mass is 10.0. The van der Waals surface area contributed by atoms with Gasteiger partial charge in [0.15, 0.2) is 0 Å². The molecule has 2 rings (SSSR count). The smallest absolute Gasteiger partial charge is 0.269 e. The van der Waals surface area contributed by atoms with E-state index in [1.54, 1.807) is 23.5 Å². The van der Waals surface area contributed by atoms with Gasteiger partial charge >= 0.3 is 0 Å². The molecule has 0 saturated carbocycles. The Balaban J connectivity index is 2.16. The number of nitro groups is 1. The van der Waals surface area contributed by atoms with Crippen LogP contribution in [-0.2, 0) is 0 Å². The highest BCUT2D eigenvalue weighted by Crippen LogP contribution is 2.26. The second-order valence-electron chi connectivity index (χ2n) is 5.03. The predicted octanol–water partition coefficient (Wildman–Crippen LogP) is 4.16. The number of aromatic nitrogens is 1. The molecule has 0 saturated heterocycles. The third-order valence-corrected chi connectivity index (χ3v) is 4.50. The van der Waals surface area contributed by atoms with Crippen LogP contribution in [0.1, 0.15) is 48.6 Å². The summed E-state index contributed by atoms with van der Waals surface area (Å²) in [5, 5.41) is 17.5. The molecule has 0 amide bonds. The summed E-state index contributed by atoms with van der Waals surface area (Å²) in [6, 6.07) is 7.01. The van der Waals surface area contributed by atoms with Crippen molar-refractivity contribution in [3.63, 3.8) is 0 Å². The number of hydrogen-bond donors (Lipinski definition) is 1. The van der Waals surface area contributed by atoms with E-state index in [1.807, 2.05) is 18.4 Å². The standard InChI is InChI=1S/C15H19N3O2S/c1-4-14(12-6-5-7-13(8-12)18(19)20)17-11(3)15-16-10(2)9-21-15/h5-9,11,14,17H,4H2,1-3H3. The zero-order chi connectivity index (χ0) is 15.4. The molecule has 1 aromatic heterocycles. The predicted molar refractivity (Wildman–Crippen MR) is 84.5 cm³/mol. The van der Waals surface area contributed by atoms with Crippen LogP contribution in [0.2, 0.25) is 0 Å². The topological polar surface area (TPSA) is 68.1 Å². The molecule has 112 valence electrons. The first kappa shape index (κ1) is 15.6. The van der Waals surface area contributed by atoms with Crippen molar-refractivity contribution in [2.24, 2.45) is 0 Å². The Labute approximate surface area is 128 Å². The highest BCUT2D eigenvalue weighted by Gasteiger charge is 2.17. The molecule has 21 heavy (non-hydrogen) atoms. The zero-order valence-corrected chi connectivity index (χ0v) is 13.2. The largest absolute Gasteiger partial charge is 0.301 e. The molecule has 1 N–H and O–H groups in total. The molecule has 0 aliphatic heterocycles. The van der Waals surface area contributed by atoms with Gasteiger partial charge in [-0.05, 0) is 25.8 Å². The van der Waals surface area contributed by atoms with Crippen molar-refractivity contribution in [3.05, 3.63) is 56.0 Å². The van der Waals surface area contributed by atoms with Crippen molar-refractivity contribution in [2.75, 3.05) is 0 Å². The number of nitrogens with one attached hydrogen (secondary N) is 1. The second-order valence-corrected chi connectivity index (χ2v) is 5.92. The maximum atomic E-state index is 10.9. The minimum Gasteiger partial charge on any atom is -0.301 e. The fraction of sp³-hybridized carbons (Fsp3) is 0.400. The Hall–Kier alpha value is -1.79. The van der Waals surface area contributed by atoms with Gasteiger partial charge in [0.1, 0.15) is 5.01 Å². The van der Waals surface area contributed by atoms with Gasteiger partial charge in [-0.15, -0.1) is 11.3 Å². The molecule has 6 heteroatoms. The van der Waals surface area contributed by atoms with Gasteiger partial charge in [0.25, 0.3) is 5.69 Å². The van der Waals surface area contributed by atoms with Crippen LogP contribution in [0.15, 0.2) is 29.6 Å². The maximum Gasteiger partial charge on any atom is 0.269 e. The van der Waals surface area contributed by atoms with E-state index in [-0.39, 0.29) is 22.7 Å². The summed E-state index contributed by atoms with van der Waals surface area (Å²) in [6.07, 6.45) is 0.857. The third-order valence-electron chi connectivity index (χ3n) is 3.35. The molecule has 0 aliphatic rings. The number of aryl methyl sites for hydroxylation is 1. The van der Waals surface area contributed by atoms with Crippen LogP contribution in [-0.4, -0.2) is 9.91 Å². The molecule has 1 heterocycles. The number of benzene rings is 1. The Bertz CT molecular complexity index is 627. The molecule has 1 aromatic carbocycles. The highest BCUT2D eigenvalue weighted by atomic mass is 32.1. The highest BCUT2D eigenvalue weighted by molar-refractivity contribution is 7.09. The van der Waals surface area contributed by atoms with Crippen LogP contribution in [0.3, 0.4) is 0 Å². The Kier molecular flexibility index (Phi) is 5.03. The number of nitro benzene ring substituents is 1. The van der Waals surface area contributed by atoms with E-state index in [1.165, 1.54) is 6.07 Å². The minimum absolute atomic E-state index is 0.0732. The van der Waals surface area contributed by atoms with Crippen molar-refractivity contribution in [1.82, 2.24) is 10.3 Å². The SMILES string of the molecule is CCC(NC(C)c1nc(C)cs1)c1cccc([N+](=O)[O-])c1. The first-order valence-electron chi connectivity index (χ1n) is 6.93. The average Bonchev–Trinajstić information content (AvgIpc) is 2.91. The van der Waals surface area contributed by atoms with E-state index in [2.05, 4.69) is 24.1 Å². The molecule has 0 spiro atoms. The van der Waals surface area contributed by atoms with Gasteiger partial charge in [-0.2, -0.15) is 0 Å². The maximum absolute atomic E-state index is 10.9. The van der Waals surface area contributed by atoms with Crippen molar-refractivity contribution >= 4 is 17.0 Å². The third kappa shape index (κ3) is 3.86. The summed E-state index contributed by atoms with van der Waals surface area (Å²) in [4.78, 5) is 15.0. The van der Waals surface area contributed by atoms with Gasteiger partial charge < -0.3 is 5.32 Å². The van der Waals surface area contributed by atoms with Crippen LogP contribution in [0, 0.1) is 17.0 Å². The van der Waals surface area contributed by atoms with Crippen molar-refractivity contribution in [1.29, 1.82) is 0 Å². The average molecular weight is 305 g/mol. The van der Waals surface area contributed by atoms with Gasteiger partial charge in [-0.25, -0.2) is 4.98 Å². The molecule has 0 radical (unpaired) electrons. The summed E-state index contributed by atoms with van der Waals surface area (Å²) in [5.41, 5.74) is 2.09. The summed E-state index contributed by atoms with van der Waals surface area (Å²) in [7, 11) is 0. The Morgan fingerprint density at radius 1 is 1.48 bits per heavy atom. The summed E-state index contributed by atoms with van der Waals surface area (Å²) in [6.45, 7) is 6.11. The number of hydrogen-bond acceptors (Lipinski definition) is 5. The minimum atomic E-state index is -0.357. The molecule has 0 bridgehead atoms. The molecule has 2 unspecified atom stereocenters. The quantitative estimate of drug-likeness (QED) is 0.642. The lowest BCUT2D eigenvalue weighted by molar-refractivity contribution is -0.384. The van der Waals surface area contributed by atoms with Crippen LogP contribution >= 0.6 is 11.3 Å². The van der Waals surface area contributed by atoms with Crippen LogP contribution in [0.25, 0.3) is 0 Å². The van der Waals surface area contributed by atoms with Crippen LogP contribution < -0.4 is 5.32 Å². The van der Waals surface area contributed by atoms with E-state index in [9.17, 15) is 10.1 Å². The van der Waals surface area contributed by atoms with E-state index in [0.717, 1.165) is 22.7 Å². The van der Waals surface area contributed by atoms with Gasteiger partial charge in [0.05, 0.1) is 11.0 Å². The fourth-order valence-electron chi connectivity index (χ4n) is 2.25. The van der Waals surface area contributed by atoms with E-state index < -0.39 is 0 Å². The first-order valence-corrected chi connectivity index (χ1v) is 7.81. The second kappa shape index (κ2) is 6.78. The lowest BCUT2D eigenvalue weighted by Gasteiger charge is -2.21. The van der Waals surface area contributed by atoms with Gasteiger partial charge in [-0.3, -0.25) is 10.1 Å². The zero-order valence-electron chi connectivity index (χ0n) is 12.4. The monoisotopic (exact) mass is 305 g/mol. The molecule has 2 atom stereocenters. The molecule has 2 aromatic rings. The first-order chi connectivity index (χ1) is 10.0. The van der Waals surface area contributed by atoms with Gasteiger partial charge in [-0.1, -0.05) is 19.1 Å². The molecular formula is C15H19N3O2S. The molecule has 5 nitrogen and oxygen atoms in total.